The monoisotopic (exact) mass is 359 g/mol. The van der Waals surface area contributed by atoms with Gasteiger partial charge in [-0.05, 0) is 24.3 Å². The summed E-state index contributed by atoms with van der Waals surface area (Å²) in [6.07, 6.45) is 0. The molecule has 2 N–H and O–H groups in total. The van der Waals surface area contributed by atoms with E-state index < -0.39 is 4.92 Å². The Bertz CT molecular complexity index is 692. The fraction of sp³-hybridized carbons (Fsp3) is 0.278. The maximum absolute atomic E-state index is 12.1. The van der Waals surface area contributed by atoms with Gasteiger partial charge in [-0.2, -0.15) is 0 Å². The summed E-state index contributed by atoms with van der Waals surface area (Å²) >= 11 is 1.67. The zero-order valence-corrected chi connectivity index (χ0v) is 14.8. The molecule has 0 radical (unpaired) electrons. The van der Waals surface area contributed by atoms with Gasteiger partial charge in [-0.25, -0.2) is 0 Å². The van der Waals surface area contributed by atoms with Gasteiger partial charge in [-0.1, -0.05) is 25.1 Å². The summed E-state index contributed by atoms with van der Waals surface area (Å²) in [6.45, 7) is 2.97. The number of hydrogen-bond donors (Lipinski definition) is 2. The maximum Gasteiger partial charge on any atom is 0.269 e. The molecule has 0 spiro atoms. The Kier molecular flexibility index (Phi) is 7.28. The summed E-state index contributed by atoms with van der Waals surface area (Å²) in [6, 6.07) is 16.2. The van der Waals surface area contributed by atoms with Crippen molar-refractivity contribution in [2.75, 3.05) is 24.2 Å². The van der Waals surface area contributed by atoms with Crippen LogP contribution in [0.3, 0.4) is 0 Å². The first-order valence-electron chi connectivity index (χ1n) is 8.00. The quantitative estimate of drug-likeness (QED) is 0.310. The van der Waals surface area contributed by atoms with Crippen molar-refractivity contribution in [2.45, 2.75) is 11.8 Å². The second-order valence-corrected chi connectivity index (χ2v) is 6.64. The van der Waals surface area contributed by atoms with Gasteiger partial charge >= 0.3 is 0 Å². The normalized spacial score (nSPS) is 11.6. The number of nitro groups is 1. The Balaban J connectivity index is 1.65. The first-order valence-corrected chi connectivity index (χ1v) is 8.98. The molecule has 0 aromatic heterocycles. The first kappa shape index (κ1) is 18.8. The molecule has 0 aliphatic heterocycles. The molecule has 0 heterocycles. The van der Waals surface area contributed by atoms with Crippen molar-refractivity contribution in [3.63, 3.8) is 0 Å². The Morgan fingerprint density at radius 3 is 2.44 bits per heavy atom. The third-order valence-corrected chi connectivity index (χ3v) is 4.79. The molecular weight excluding hydrogens is 338 g/mol. The molecule has 0 aliphatic carbocycles. The minimum absolute atomic E-state index is 0.0222. The van der Waals surface area contributed by atoms with E-state index in [-0.39, 0.29) is 17.5 Å². The van der Waals surface area contributed by atoms with Crippen LogP contribution in [0.4, 0.5) is 11.4 Å². The average Bonchev–Trinajstić information content (AvgIpc) is 2.64. The summed E-state index contributed by atoms with van der Waals surface area (Å²) in [7, 11) is 0. The van der Waals surface area contributed by atoms with Gasteiger partial charge in [0.25, 0.3) is 5.69 Å². The molecule has 0 saturated heterocycles. The number of amides is 1. The lowest BCUT2D eigenvalue weighted by Crippen LogP contribution is -2.33. The van der Waals surface area contributed by atoms with Gasteiger partial charge in [0, 0.05) is 47.5 Å². The number of rotatable bonds is 9. The Morgan fingerprint density at radius 1 is 1.12 bits per heavy atom. The van der Waals surface area contributed by atoms with E-state index >= 15 is 0 Å². The molecule has 25 heavy (non-hydrogen) atoms. The van der Waals surface area contributed by atoms with E-state index in [2.05, 4.69) is 10.6 Å². The number of non-ortho nitro benzene ring substituents is 1. The summed E-state index contributed by atoms with van der Waals surface area (Å²) < 4.78 is 0. The molecule has 2 rings (SSSR count). The number of benzene rings is 2. The number of nitrogens with one attached hydrogen (secondary N) is 2. The molecule has 0 aliphatic rings. The van der Waals surface area contributed by atoms with Crippen molar-refractivity contribution in [1.82, 2.24) is 5.32 Å². The molecule has 1 amide bonds. The average molecular weight is 359 g/mol. The Labute approximate surface area is 151 Å². The van der Waals surface area contributed by atoms with Crippen molar-refractivity contribution >= 4 is 29.0 Å². The van der Waals surface area contributed by atoms with Gasteiger partial charge in [0.15, 0.2) is 0 Å². The number of anilines is 1. The summed E-state index contributed by atoms with van der Waals surface area (Å²) in [5.74, 6) is 0.671. The van der Waals surface area contributed by atoms with Gasteiger partial charge in [-0.3, -0.25) is 14.9 Å². The molecule has 1 atom stereocenters. The number of thioether (sulfide) groups is 1. The predicted octanol–water partition coefficient (Wildman–Crippen LogP) is 3.55. The first-order chi connectivity index (χ1) is 12.1. The highest BCUT2D eigenvalue weighted by Crippen LogP contribution is 2.20. The van der Waals surface area contributed by atoms with E-state index in [0.29, 0.717) is 13.1 Å². The second-order valence-electron chi connectivity index (χ2n) is 5.55. The topological polar surface area (TPSA) is 84.3 Å². The fourth-order valence-electron chi connectivity index (χ4n) is 2.08. The number of carbonyl (C=O) groups is 1. The van der Waals surface area contributed by atoms with Crippen molar-refractivity contribution in [3.8, 4) is 0 Å². The van der Waals surface area contributed by atoms with Crippen LogP contribution >= 0.6 is 11.8 Å². The van der Waals surface area contributed by atoms with Crippen LogP contribution < -0.4 is 10.6 Å². The SMILES string of the molecule is CC(CSc1ccccc1)C(=O)NCCNc1ccc([N+](=O)[O-])cc1. The third-order valence-electron chi connectivity index (χ3n) is 3.52. The highest BCUT2D eigenvalue weighted by molar-refractivity contribution is 7.99. The Hall–Kier alpha value is -2.54. The minimum atomic E-state index is -0.432. The van der Waals surface area contributed by atoms with E-state index in [1.807, 2.05) is 37.3 Å². The van der Waals surface area contributed by atoms with E-state index in [9.17, 15) is 14.9 Å². The third kappa shape index (κ3) is 6.46. The lowest BCUT2D eigenvalue weighted by Gasteiger charge is -2.12. The molecule has 0 saturated carbocycles. The van der Waals surface area contributed by atoms with Crippen molar-refractivity contribution in [1.29, 1.82) is 0 Å². The van der Waals surface area contributed by atoms with E-state index in [0.717, 1.165) is 16.3 Å². The van der Waals surface area contributed by atoms with Gasteiger partial charge in [0.1, 0.15) is 0 Å². The van der Waals surface area contributed by atoms with Crippen LogP contribution in [0.1, 0.15) is 6.92 Å². The van der Waals surface area contributed by atoms with Gasteiger partial charge < -0.3 is 10.6 Å². The van der Waals surface area contributed by atoms with Crippen LogP contribution in [0.25, 0.3) is 0 Å². The predicted molar refractivity (Wildman–Crippen MR) is 101 cm³/mol. The number of nitro benzene ring substituents is 1. The number of hydrogen-bond acceptors (Lipinski definition) is 5. The van der Waals surface area contributed by atoms with E-state index in [4.69, 9.17) is 0 Å². The lowest BCUT2D eigenvalue weighted by molar-refractivity contribution is -0.384. The molecule has 7 heteroatoms. The highest BCUT2D eigenvalue weighted by Gasteiger charge is 2.12. The highest BCUT2D eigenvalue weighted by atomic mass is 32.2. The lowest BCUT2D eigenvalue weighted by atomic mass is 10.2. The maximum atomic E-state index is 12.1. The van der Waals surface area contributed by atoms with Crippen molar-refractivity contribution < 1.29 is 9.72 Å². The minimum Gasteiger partial charge on any atom is -0.383 e. The molecule has 2 aromatic rings. The van der Waals surface area contributed by atoms with Gasteiger partial charge in [0.05, 0.1) is 4.92 Å². The molecule has 6 nitrogen and oxygen atoms in total. The van der Waals surface area contributed by atoms with Crippen LogP contribution in [0, 0.1) is 16.0 Å². The molecule has 0 bridgehead atoms. The fourth-order valence-corrected chi connectivity index (χ4v) is 3.02. The van der Waals surface area contributed by atoms with E-state index in [1.54, 1.807) is 23.9 Å². The summed E-state index contributed by atoms with van der Waals surface area (Å²) in [5, 5.41) is 16.6. The molecule has 132 valence electrons. The molecule has 1 unspecified atom stereocenters. The van der Waals surface area contributed by atoms with Crippen molar-refractivity contribution in [2.24, 2.45) is 5.92 Å². The molecular formula is C18H21N3O3S. The number of nitrogens with zero attached hydrogens (tertiary/aromatic N) is 1. The number of carbonyl (C=O) groups excluding carboxylic acids is 1. The van der Waals surface area contributed by atoms with Gasteiger partial charge in [0.2, 0.25) is 5.91 Å². The molecule has 2 aromatic carbocycles. The second kappa shape index (κ2) is 9.68. The Morgan fingerprint density at radius 2 is 1.80 bits per heavy atom. The summed E-state index contributed by atoms with van der Waals surface area (Å²) in [5.41, 5.74) is 0.844. The van der Waals surface area contributed by atoms with Gasteiger partial charge in [-0.15, -0.1) is 11.8 Å². The summed E-state index contributed by atoms with van der Waals surface area (Å²) in [4.78, 5) is 23.4. The van der Waals surface area contributed by atoms with Crippen LogP contribution in [0.2, 0.25) is 0 Å². The zero-order valence-electron chi connectivity index (χ0n) is 14.0. The standard InChI is InChI=1S/C18H21N3O3S/c1-14(13-25-17-5-3-2-4-6-17)18(22)20-12-11-19-15-7-9-16(10-8-15)21(23)24/h2-10,14,19H,11-13H2,1H3,(H,20,22). The van der Waals surface area contributed by atoms with Crippen molar-refractivity contribution in [3.05, 3.63) is 64.7 Å². The van der Waals surface area contributed by atoms with Crippen LogP contribution in [0.5, 0.6) is 0 Å². The van der Waals surface area contributed by atoms with Crippen LogP contribution in [0.15, 0.2) is 59.5 Å². The van der Waals surface area contributed by atoms with Crippen LogP contribution in [-0.4, -0.2) is 29.7 Å². The zero-order chi connectivity index (χ0) is 18.1. The van der Waals surface area contributed by atoms with E-state index in [1.165, 1.54) is 12.1 Å². The largest absolute Gasteiger partial charge is 0.383 e. The van der Waals surface area contributed by atoms with Crippen LogP contribution in [-0.2, 0) is 4.79 Å². The smallest absolute Gasteiger partial charge is 0.269 e. The molecule has 0 fully saturated rings.